The molecule has 0 aromatic heterocycles. The van der Waals surface area contributed by atoms with Gasteiger partial charge < -0.3 is 0 Å². The maximum Gasteiger partial charge on any atom is -0.0414 e. The predicted molar refractivity (Wildman–Crippen MR) is 117 cm³/mol. The van der Waals surface area contributed by atoms with Crippen LogP contribution in [0.5, 0.6) is 0 Å². The van der Waals surface area contributed by atoms with Gasteiger partial charge in [0.1, 0.15) is 0 Å². The van der Waals surface area contributed by atoms with Crippen molar-refractivity contribution in [2.24, 2.45) is 23.7 Å². The summed E-state index contributed by atoms with van der Waals surface area (Å²) in [5.41, 5.74) is 0. The minimum absolute atomic E-state index is 0.887. The smallest absolute Gasteiger partial charge is 0.0414 e. The van der Waals surface area contributed by atoms with Gasteiger partial charge in [-0.2, -0.15) is 0 Å². The first kappa shape index (κ1) is 25.0. The maximum atomic E-state index is 2.36. The lowest BCUT2D eigenvalue weighted by atomic mass is 9.89. The molecule has 0 aliphatic carbocycles. The monoisotopic (exact) mass is 352 g/mol. The molecule has 0 radical (unpaired) electrons. The zero-order valence-corrected chi connectivity index (χ0v) is 18.9. The second-order valence-electron chi connectivity index (χ2n) is 9.96. The molecule has 0 amide bonds. The van der Waals surface area contributed by atoms with Crippen LogP contribution >= 0.6 is 0 Å². The molecular weight excluding hydrogens is 300 g/mol. The average molecular weight is 353 g/mol. The number of unbranched alkanes of at least 4 members (excludes halogenated alkanes) is 6. The van der Waals surface area contributed by atoms with E-state index in [9.17, 15) is 0 Å². The third-order valence-corrected chi connectivity index (χ3v) is 5.68. The molecule has 0 aromatic carbocycles. The van der Waals surface area contributed by atoms with Crippen LogP contribution in [0.3, 0.4) is 0 Å². The minimum Gasteiger partial charge on any atom is -0.0628 e. The molecule has 0 bridgehead atoms. The Labute approximate surface area is 161 Å². The molecule has 0 spiro atoms. The fourth-order valence-corrected chi connectivity index (χ4v) is 3.92. The van der Waals surface area contributed by atoms with Gasteiger partial charge in [-0.3, -0.25) is 0 Å². The van der Waals surface area contributed by atoms with Crippen LogP contribution < -0.4 is 0 Å². The van der Waals surface area contributed by atoms with E-state index < -0.39 is 0 Å². The molecule has 25 heavy (non-hydrogen) atoms. The molecule has 0 aliphatic rings. The highest BCUT2D eigenvalue weighted by molar-refractivity contribution is 4.62. The van der Waals surface area contributed by atoms with E-state index in [0.29, 0.717) is 0 Å². The van der Waals surface area contributed by atoms with Gasteiger partial charge in [0.05, 0.1) is 0 Å². The van der Waals surface area contributed by atoms with E-state index in [1.165, 1.54) is 96.3 Å². The number of rotatable bonds is 18. The Kier molecular flexibility index (Phi) is 17.4. The van der Waals surface area contributed by atoms with Gasteiger partial charge in [-0.25, -0.2) is 0 Å². The summed E-state index contributed by atoms with van der Waals surface area (Å²) in [6.45, 7) is 14.1. The quantitative estimate of drug-likeness (QED) is 0.215. The van der Waals surface area contributed by atoms with E-state index in [4.69, 9.17) is 0 Å². The molecule has 0 aliphatic heterocycles. The lowest BCUT2D eigenvalue weighted by molar-refractivity contribution is 0.360. The van der Waals surface area contributed by atoms with E-state index in [0.717, 1.165) is 23.7 Å². The predicted octanol–water partition coefficient (Wildman–Crippen LogP) is 9.42. The Morgan fingerprint density at radius 3 is 0.800 bits per heavy atom. The molecule has 0 atom stereocenters. The fraction of sp³-hybridized carbons (Fsp3) is 1.00. The Bertz CT molecular complexity index is 208. The van der Waals surface area contributed by atoms with Gasteiger partial charge in [-0.05, 0) is 23.7 Å². The van der Waals surface area contributed by atoms with Gasteiger partial charge in [-0.15, -0.1) is 0 Å². The van der Waals surface area contributed by atoms with Crippen molar-refractivity contribution in [3.63, 3.8) is 0 Å². The van der Waals surface area contributed by atoms with E-state index in [2.05, 4.69) is 41.5 Å². The number of hydrogen-bond acceptors (Lipinski definition) is 0. The van der Waals surface area contributed by atoms with Crippen LogP contribution in [-0.4, -0.2) is 0 Å². The van der Waals surface area contributed by atoms with Crippen molar-refractivity contribution in [2.45, 2.75) is 138 Å². The van der Waals surface area contributed by atoms with Gasteiger partial charge in [0, 0.05) is 0 Å². The van der Waals surface area contributed by atoms with Crippen LogP contribution in [0.25, 0.3) is 0 Å². The molecule has 0 unspecified atom stereocenters. The molecule has 0 heterocycles. The lowest BCUT2D eigenvalue weighted by Gasteiger charge is -2.17. The topological polar surface area (TPSA) is 0 Å². The van der Waals surface area contributed by atoms with Crippen molar-refractivity contribution in [3.05, 3.63) is 0 Å². The zero-order valence-electron chi connectivity index (χ0n) is 18.9. The van der Waals surface area contributed by atoms with Gasteiger partial charge in [0.15, 0.2) is 0 Å². The van der Waals surface area contributed by atoms with Crippen LogP contribution in [0, 0.1) is 23.7 Å². The van der Waals surface area contributed by atoms with Crippen molar-refractivity contribution in [3.8, 4) is 0 Å². The highest BCUT2D eigenvalue weighted by Gasteiger charge is 2.09. The molecule has 0 saturated carbocycles. The van der Waals surface area contributed by atoms with Crippen molar-refractivity contribution in [1.29, 1.82) is 0 Å². The van der Waals surface area contributed by atoms with Crippen LogP contribution in [0.4, 0.5) is 0 Å². The Balaban J connectivity index is 3.87. The third kappa shape index (κ3) is 20.2. The highest BCUT2D eigenvalue weighted by atomic mass is 14.1. The Morgan fingerprint density at radius 2 is 0.560 bits per heavy atom. The van der Waals surface area contributed by atoms with Crippen LogP contribution in [0.2, 0.25) is 0 Å². The second kappa shape index (κ2) is 17.4. The molecule has 0 nitrogen and oxygen atoms in total. The number of hydrogen-bond donors (Lipinski definition) is 0. The summed E-state index contributed by atoms with van der Waals surface area (Å²) in [7, 11) is 0. The molecule has 0 N–H and O–H groups in total. The summed E-state index contributed by atoms with van der Waals surface area (Å²) in [6.07, 6.45) is 22.0. The highest BCUT2D eigenvalue weighted by Crippen LogP contribution is 2.25. The van der Waals surface area contributed by atoms with E-state index in [-0.39, 0.29) is 0 Å². The minimum atomic E-state index is 0.887. The third-order valence-electron chi connectivity index (χ3n) is 5.68. The first-order chi connectivity index (χ1) is 11.9. The van der Waals surface area contributed by atoms with Gasteiger partial charge in [0.25, 0.3) is 0 Å². The largest absolute Gasteiger partial charge is 0.0628 e. The first-order valence-electron chi connectivity index (χ1n) is 11.9. The van der Waals surface area contributed by atoms with Gasteiger partial charge >= 0.3 is 0 Å². The Hall–Kier alpha value is 0. The molecular formula is C25H52. The second-order valence-corrected chi connectivity index (χ2v) is 9.96. The normalized spacial score (nSPS) is 12.2. The van der Waals surface area contributed by atoms with E-state index >= 15 is 0 Å². The van der Waals surface area contributed by atoms with Crippen LogP contribution in [0.1, 0.15) is 138 Å². The van der Waals surface area contributed by atoms with E-state index in [1.54, 1.807) is 0 Å². The van der Waals surface area contributed by atoms with Crippen molar-refractivity contribution in [2.75, 3.05) is 0 Å². The summed E-state index contributed by atoms with van der Waals surface area (Å²) < 4.78 is 0. The fourth-order valence-electron chi connectivity index (χ4n) is 3.92. The molecule has 0 aromatic rings. The summed E-state index contributed by atoms with van der Waals surface area (Å²) in [5.74, 6) is 3.69. The lowest BCUT2D eigenvalue weighted by Crippen LogP contribution is -2.02. The molecule has 152 valence electrons. The molecule has 0 rings (SSSR count). The summed E-state index contributed by atoms with van der Waals surface area (Å²) in [4.78, 5) is 0. The van der Waals surface area contributed by atoms with Crippen LogP contribution in [-0.2, 0) is 0 Å². The van der Waals surface area contributed by atoms with Gasteiger partial charge in [-0.1, -0.05) is 138 Å². The van der Waals surface area contributed by atoms with Crippen molar-refractivity contribution < 1.29 is 0 Å². The molecule has 0 heteroatoms. The standard InChI is InChI=1S/C25H52/c1-22(2)16-10-7-13-19-25(20-14-8-11-17-23(3)4)21-15-9-12-18-24(5)6/h22-25H,7-21H2,1-6H3. The summed E-state index contributed by atoms with van der Waals surface area (Å²) in [6, 6.07) is 0. The first-order valence-corrected chi connectivity index (χ1v) is 11.9. The van der Waals surface area contributed by atoms with Crippen LogP contribution in [0.15, 0.2) is 0 Å². The SMILES string of the molecule is CC(C)CCCCCC(CCCCCC(C)C)CCCCCC(C)C. The molecule has 0 fully saturated rings. The summed E-state index contributed by atoms with van der Waals surface area (Å²) >= 11 is 0. The Morgan fingerprint density at radius 1 is 0.320 bits per heavy atom. The van der Waals surface area contributed by atoms with E-state index in [1.807, 2.05) is 0 Å². The summed E-state index contributed by atoms with van der Waals surface area (Å²) in [5, 5.41) is 0. The average Bonchev–Trinajstić information content (AvgIpc) is 2.52. The van der Waals surface area contributed by atoms with Crippen molar-refractivity contribution >= 4 is 0 Å². The van der Waals surface area contributed by atoms with Gasteiger partial charge in [0.2, 0.25) is 0 Å². The zero-order chi connectivity index (χ0) is 18.9. The van der Waals surface area contributed by atoms with Crippen molar-refractivity contribution in [1.82, 2.24) is 0 Å². The maximum absolute atomic E-state index is 2.36. The molecule has 0 saturated heterocycles.